The number of carbonyl (C=O) groups excluding carboxylic acids is 1. The molecule has 0 unspecified atom stereocenters. The van der Waals surface area contributed by atoms with Gasteiger partial charge in [-0.1, -0.05) is 6.08 Å². The van der Waals surface area contributed by atoms with Gasteiger partial charge in [0, 0.05) is 29.1 Å². The number of benzene rings is 1. The van der Waals surface area contributed by atoms with E-state index in [1.165, 1.54) is 6.07 Å². The summed E-state index contributed by atoms with van der Waals surface area (Å²) in [5, 5.41) is 7.35. The van der Waals surface area contributed by atoms with E-state index in [4.69, 9.17) is 4.98 Å². The molecule has 0 radical (unpaired) electrons. The van der Waals surface area contributed by atoms with Crippen LogP contribution < -0.4 is 5.32 Å². The summed E-state index contributed by atoms with van der Waals surface area (Å²) >= 11 is 0. The molecule has 31 heavy (non-hydrogen) atoms. The zero-order valence-electron chi connectivity index (χ0n) is 17.0. The number of rotatable bonds is 4. The second-order valence-corrected chi connectivity index (χ2v) is 7.57. The number of imidazole rings is 1. The van der Waals surface area contributed by atoms with Gasteiger partial charge >= 0.3 is 0 Å². The lowest BCUT2D eigenvalue weighted by molar-refractivity contribution is -0.112. The fourth-order valence-corrected chi connectivity index (χ4v) is 3.86. The number of hydrogen-bond acceptors (Lipinski definition) is 4. The topological polar surface area (TPSA) is 72.2 Å². The zero-order chi connectivity index (χ0) is 21.4. The number of carbonyl (C=O) groups is 1. The van der Waals surface area contributed by atoms with Crippen LogP contribution in [0.3, 0.4) is 0 Å². The van der Waals surface area contributed by atoms with E-state index >= 15 is 0 Å². The number of anilines is 1. The number of hydrogen-bond donors (Lipinski definition) is 1. The van der Waals surface area contributed by atoms with E-state index in [2.05, 4.69) is 15.4 Å². The van der Waals surface area contributed by atoms with E-state index in [0.717, 1.165) is 41.7 Å². The van der Waals surface area contributed by atoms with Gasteiger partial charge in [0.1, 0.15) is 17.3 Å². The Morgan fingerprint density at radius 2 is 2.03 bits per heavy atom. The van der Waals surface area contributed by atoms with Crippen LogP contribution in [-0.2, 0) is 4.79 Å². The van der Waals surface area contributed by atoms with Crippen molar-refractivity contribution < 1.29 is 9.18 Å². The third-order valence-electron chi connectivity index (χ3n) is 5.43. The third kappa shape index (κ3) is 3.59. The van der Waals surface area contributed by atoms with Crippen molar-refractivity contribution in [3.8, 4) is 22.5 Å². The molecule has 1 aromatic carbocycles. The van der Waals surface area contributed by atoms with E-state index in [1.807, 2.05) is 30.3 Å². The summed E-state index contributed by atoms with van der Waals surface area (Å²) in [5.74, 6) is 0.0811. The van der Waals surface area contributed by atoms with E-state index in [1.54, 1.807) is 36.0 Å². The van der Waals surface area contributed by atoms with Gasteiger partial charge in [0.2, 0.25) is 0 Å². The largest absolute Gasteiger partial charge is 0.307 e. The molecule has 0 atom stereocenters. The first kappa shape index (κ1) is 19.1. The van der Waals surface area contributed by atoms with Gasteiger partial charge in [-0.2, -0.15) is 5.10 Å². The van der Waals surface area contributed by atoms with Crippen molar-refractivity contribution in [3.05, 3.63) is 77.9 Å². The summed E-state index contributed by atoms with van der Waals surface area (Å²) in [5.41, 5.74) is 5.04. The fourth-order valence-electron chi connectivity index (χ4n) is 3.86. The average Bonchev–Trinajstić information content (AvgIpc) is 3.44. The maximum absolute atomic E-state index is 13.9. The van der Waals surface area contributed by atoms with Crippen molar-refractivity contribution in [1.82, 2.24) is 19.6 Å². The standard InChI is InChI=1S/C24H20FN5O/c1-15-13-17(8-9-19(15)25)22-23(30-21(29-22)7-4-11-27-30)18-10-12-26-20(14-18)28-24(31)16-5-2-3-6-16/h4-5,7-14H,2-3,6H2,1H3,(H,26,28,31). The Balaban J connectivity index is 1.61. The molecule has 7 heteroatoms. The van der Waals surface area contributed by atoms with Crippen LogP contribution in [0, 0.1) is 12.7 Å². The summed E-state index contributed by atoms with van der Waals surface area (Å²) < 4.78 is 15.6. The Bertz CT molecular complexity index is 1340. The van der Waals surface area contributed by atoms with Gasteiger partial charge in [-0.25, -0.2) is 18.9 Å². The van der Waals surface area contributed by atoms with E-state index in [0.29, 0.717) is 22.7 Å². The van der Waals surface area contributed by atoms with Gasteiger partial charge in [0.05, 0.1) is 5.69 Å². The molecule has 3 aromatic heterocycles. The van der Waals surface area contributed by atoms with Crippen molar-refractivity contribution >= 4 is 17.4 Å². The number of nitrogens with one attached hydrogen (secondary N) is 1. The molecule has 0 fully saturated rings. The quantitative estimate of drug-likeness (QED) is 0.514. The molecular formula is C24H20FN5O. The molecule has 1 aliphatic rings. The van der Waals surface area contributed by atoms with Crippen LogP contribution in [0.5, 0.6) is 0 Å². The molecule has 3 heterocycles. The summed E-state index contributed by atoms with van der Waals surface area (Å²) in [6.07, 6.45) is 8.04. The molecule has 5 rings (SSSR count). The van der Waals surface area contributed by atoms with Crippen molar-refractivity contribution in [3.63, 3.8) is 0 Å². The molecule has 0 bridgehead atoms. The predicted octanol–water partition coefficient (Wildman–Crippen LogP) is 4.95. The first-order valence-electron chi connectivity index (χ1n) is 10.2. The Kier molecular flexibility index (Phi) is 4.78. The van der Waals surface area contributed by atoms with Crippen molar-refractivity contribution in [1.29, 1.82) is 0 Å². The predicted molar refractivity (Wildman–Crippen MR) is 117 cm³/mol. The van der Waals surface area contributed by atoms with Crippen LogP contribution in [0.2, 0.25) is 0 Å². The minimum atomic E-state index is -0.262. The lowest BCUT2D eigenvalue weighted by Crippen LogP contribution is -2.14. The lowest BCUT2D eigenvalue weighted by Gasteiger charge is -2.09. The molecule has 0 saturated carbocycles. The van der Waals surface area contributed by atoms with Crippen molar-refractivity contribution in [2.24, 2.45) is 0 Å². The highest BCUT2D eigenvalue weighted by Crippen LogP contribution is 2.33. The number of allylic oxidation sites excluding steroid dienone is 1. The third-order valence-corrected chi connectivity index (χ3v) is 5.43. The van der Waals surface area contributed by atoms with Crippen LogP contribution in [0.25, 0.3) is 28.2 Å². The fraction of sp³-hybridized carbons (Fsp3) is 0.167. The zero-order valence-corrected chi connectivity index (χ0v) is 17.0. The van der Waals surface area contributed by atoms with Crippen molar-refractivity contribution in [2.45, 2.75) is 26.2 Å². The second-order valence-electron chi connectivity index (χ2n) is 7.57. The Hall–Kier alpha value is -3.87. The highest BCUT2D eigenvalue weighted by molar-refractivity contribution is 6.03. The van der Waals surface area contributed by atoms with E-state index in [9.17, 15) is 9.18 Å². The van der Waals surface area contributed by atoms with Crippen LogP contribution in [0.4, 0.5) is 10.2 Å². The number of nitrogens with zero attached hydrogens (tertiary/aromatic N) is 4. The van der Waals surface area contributed by atoms with Gasteiger partial charge in [0.15, 0.2) is 5.65 Å². The molecule has 0 saturated heterocycles. The van der Waals surface area contributed by atoms with E-state index in [-0.39, 0.29) is 11.7 Å². The summed E-state index contributed by atoms with van der Waals surface area (Å²) in [7, 11) is 0. The number of aryl methyl sites for hydroxylation is 1. The normalized spacial score (nSPS) is 13.4. The van der Waals surface area contributed by atoms with Gasteiger partial charge in [-0.3, -0.25) is 4.79 Å². The van der Waals surface area contributed by atoms with Crippen molar-refractivity contribution in [2.75, 3.05) is 5.32 Å². The Morgan fingerprint density at radius 3 is 2.84 bits per heavy atom. The van der Waals surface area contributed by atoms with E-state index < -0.39 is 0 Å². The summed E-state index contributed by atoms with van der Waals surface area (Å²) in [6.45, 7) is 1.73. The summed E-state index contributed by atoms with van der Waals surface area (Å²) in [6, 6.07) is 12.3. The highest BCUT2D eigenvalue weighted by atomic mass is 19.1. The number of pyridine rings is 1. The summed E-state index contributed by atoms with van der Waals surface area (Å²) in [4.78, 5) is 21.6. The Labute approximate surface area is 178 Å². The number of fused-ring (bicyclic) bond motifs is 1. The lowest BCUT2D eigenvalue weighted by atomic mass is 10.0. The number of halogens is 1. The molecule has 1 aliphatic carbocycles. The van der Waals surface area contributed by atoms with Gasteiger partial charge in [-0.15, -0.1) is 0 Å². The van der Waals surface area contributed by atoms with Crippen LogP contribution >= 0.6 is 0 Å². The maximum atomic E-state index is 13.9. The molecule has 154 valence electrons. The molecule has 0 aliphatic heterocycles. The van der Waals surface area contributed by atoms with Crippen LogP contribution in [0.15, 0.2) is 66.5 Å². The average molecular weight is 413 g/mol. The molecule has 0 spiro atoms. The number of amides is 1. The monoisotopic (exact) mass is 413 g/mol. The van der Waals surface area contributed by atoms with Crippen LogP contribution in [-0.4, -0.2) is 25.5 Å². The molecule has 1 amide bonds. The minimum absolute atomic E-state index is 0.118. The SMILES string of the molecule is Cc1cc(-c2nc3cccnn3c2-c2ccnc(NC(=O)C3=CCCC3)c2)ccc1F. The number of aromatic nitrogens is 4. The first-order valence-corrected chi connectivity index (χ1v) is 10.2. The molecule has 4 aromatic rings. The van der Waals surface area contributed by atoms with Gasteiger partial charge in [-0.05, 0) is 74.2 Å². The Morgan fingerprint density at radius 1 is 1.13 bits per heavy atom. The first-order chi connectivity index (χ1) is 15.1. The van der Waals surface area contributed by atoms with Crippen LogP contribution in [0.1, 0.15) is 24.8 Å². The maximum Gasteiger partial charge on any atom is 0.252 e. The van der Waals surface area contributed by atoms with Gasteiger partial charge < -0.3 is 5.32 Å². The second kappa shape index (κ2) is 7.75. The smallest absolute Gasteiger partial charge is 0.252 e. The van der Waals surface area contributed by atoms with Gasteiger partial charge in [0.25, 0.3) is 5.91 Å². The molecule has 1 N–H and O–H groups in total. The molecule has 6 nitrogen and oxygen atoms in total. The highest BCUT2D eigenvalue weighted by Gasteiger charge is 2.19. The minimum Gasteiger partial charge on any atom is -0.307 e. The molecular weight excluding hydrogens is 393 g/mol.